The largest absolute Gasteiger partial charge is 0.495 e. The molecule has 2 aromatic heterocycles. The van der Waals surface area contributed by atoms with E-state index in [0.717, 1.165) is 4.88 Å². The van der Waals surface area contributed by atoms with Gasteiger partial charge in [-0.05, 0) is 29.0 Å². The van der Waals surface area contributed by atoms with Crippen LogP contribution in [0.15, 0.2) is 23.6 Å². The van der Waals surface area contributed by atoms with Gasteiger partial charge in [-0.1, -0.05) is 20.8 Å². The molecule has 2 aromatic rings. The van der Waals surface area contributed by atoms with E-state index >= 15 is 0 Å². The summed E-state index contributed by atoms with van der Waals surface area (Å²) in [5.41, 5.74) is 0.0860. The second kappa shape index (κ2) is 4.86. The van der Waals surface area contributed by atoms with Crippen LogP contribution in [-0.2, 0) is 5.41 Å². The maximum absolute atomic E-state index is 12.4. The third-order valence-electron chi connectivity index (χ3n) is 2.62. The van der Waals surface area contributed by atoms with Gasteiger partial charge in [-0.3, -0.25) is 4.79 Å². The van der Waals surface area contributed by atoms with Crippen LogP contribution in [-0.4, -0.2) is 12.9 Å². The van der Waals surface area contributed by atoms with Gasteiger partial charge < -0.3 is 4.74 Å². The number of methoxy groups -OCH3 is 1. The average molecular weight is 280 g/mol. The van der Waals surface area contributed by atoms with Crippen LogP contribution in [0.1, 0.15) is 40.2 Å². The molecule has 0 aliphatic carbocycles. The van der Waals surface area contributed by atoms with E-state index in [-0.39, 0.29) is 11.2 Å². The third-order valence-corrected chi connectivity index (χ3v) is 5.03. The molecule has 96 valence electrons. The molecule has 4 heteroatoms. The van der Waals surface area contributed by atoms with E-state index in [1.54, 1.807) is 18.4 Å². The van der Waals surface area contributed by atoms with Gasteiger partial charge in [0.2, 0.25) is 5.78 Å². The van der Waals surface area contributed by atoms with Gasteiger partial charge >= 0.3 is 0 Å². The molecule has 2 nitrogen and oxygen atoms in total. The minimum atomic E-state index is 0.0577. The molecule has 0 atom stereocenters. The minimum absolute atomic E-state index is 0.0577. The van der Waals surface area contributed by atoms with Gasteiger partial charge in [-0.25, -0.2) is 0 Å². The molecule has 2 heterocycles. The van der Waals surface area contributed by atoms with Crippen molar-refractivity contribution in [3.8, 4) is 5.75 Å². The molecule has 0 bridgehead atoms. The normalized spacial score (nSPS) is 11.6. The van der Waals surface area contributed by atoms with E-state index in [4.69, 9.17) is 4.74 Å². The van der Waals surface area contributed by atoms with Crippen molar-refractivity contribution < 1.29 is 9.53 Å². The van der Waals surface area contributed by atoms with E-state index in [1.807, 2.05) is 23.6 Å². The fraction of sp³-hybridized carbons (Fsp3) is 0.357. The maximum Gasteiger partial charge on any atom is 0.216 e. The second-order valence-corrected chi connectivity index (χ2v) is 7.06. The van der Waals surface area contributed by atoms with Crippen LogP contribution in [0.25, 0.3) is 0 Å². The third kappa shape index (κ3) is 2.49. The van der Waals surface area contributed by atoms with E-state index in [1.165, 1.54) is 16.2 Å². The molecule has 0 saturated carbocycles. The molecule has 0 N–H and O–H groups in total. The zero-order valence-electron chi connectivity index (χ0n) is 10.9. The first-order valence-electron chi connectivity index (χ1n) is 5.70. The highest BCUT2D eigenvalue weighted by Crippen LogP contribution is 2.33. The smallest absolute Gasteiger partial charge is 0.216 e. The van der Waals surface area contributed by atoms with Gasteiger partial charge in [0.25, 0.3) is 0 Å². The Morgan fingerprint density at radius 1 is 1.22 bits per heavy atom. The lowest BCUT2D eigenvalue weighted by Crippen LogP contribution is -2.07. The van der Waals surface area contributed by atoms with Crippen molar-refractivity contribution in [3.63, 3.8) is 0 Å². The minimum Gasteiger partial charge on any atom is -0.495 e. The summed E-state index contributed by atoms with van der Waals surface area (Å²) in [7, 11) is 1.59. The predicted octanol–water partition coefficient (Wildman–Crippen LogP) is 4.35. The lowest BCUT2D eigenvalue weighted by molar-refractivity contribution is 0.104. The van der Waals surface area contributed by atoms with Crippen LogP contribution in [0.4, 0.5) is 0 Å². The summed E-state index contributed by atoms with van der Waals surface area (Å²) >= 11 is 2.99. The summed E-state index contributed by atoms with van der Waals surface area (Å²) < 4.78 is 5.20. The summed E-state index contributed by atoms with van der Waals surface area (Å²) in [6.07, 6.45) is 0. The standard InChI is InChI=1S/C14H16O2S2/c1-14(2,3)11-6-5-10(18-11)12(15)13-9(16-4)7-8-17-13/h5-8H,1-4H3. The summed E-state index contributed by atoms with van der Waals surface area (Å²) in [6.45, 7) is 6.45. The number of ether oxygens (including phenoxy) is 1. The first-order chi connectivity index (χ1) is 8.43. The number of hydrogen-bond donors (Lipinski definition) is 0. The Morgan fingerprint density at radius 2 is 1.94 bits per heavy atom. The summed E-state index contributed by atoms with van der Waals surface area (Å²) in [6, 6.07) is 5.78. The highest BCUT2D eigenvalue weighted by atomic mass is 32.1. The highest BCUT2D eigenvalue weighted by molar-refractivity contribution is 7.17. The van der Waals surface area contributed by atoms with Crippen LogP contribution in [0.5, 0.6) is 5.75 Å². The zero-order chi connectivity index (χ0) is 13.3. The van der Waals surface area contributed by atoms with Crippen molar-refractivity contribution >= 4 is 28.5 Å². The van der Waals surface area contributed by atoms with E-state index in [0.29, 0.717) is 10.6 Å². The van der Waals surface area contributed by atoms with Crippen molar-refractivity contribution in [2.75, 3.05) is 7.11 Å². The maximum atomic E-state index is 12.4. The Kier molecular flexibility index (Phi) is 3.59. The van der Waals surface area contributed by atoms with E-state index in [9.17, 15) is 4.79 Å². The van der Waals surface area contributed by atoms with Crippen molar-refractivity contribution in [1.82, 2.24) is 0 Å². The number of rotatable bonds is 3. The SMILES string of the molecule is COc1ccsc1C(=O)c1ccc(C(C)(C)C)s1. The Morgan fingerprint density at radius 3 is 2.50 bits per heavy atom. The number of thiophene rings is 2. The summed E-state index contributed by atoms with van der Waals surface area (Å²) in [5, 5.41) is 1.88. The molecule has 0 aliphatic heterocycles. The number of hydrogen-bond acceptors (Lipinski definition) is 4. The second-order valence-electron chi connectivity index (χ2n) is 5.06. The number of carbonyl (C=O) groups excluding carboxylic acids is 1. The molecule has 0 unspecified atom stereocenters. The molecular weight excluding hydrogens is 264 g/mol. The molecule has 18 heavy (non-hydrogen) atoms. The van der Waals surface area contributed by atoms with Gasteiger partial charge in [-0.2, -0.15) is 0 Å². The molecule has 0 aliphatic rings. The Labute approximate surface area is 115 Å². The van der Waals surface area contributed by atoms with Crippen molar-refractivity contribution in [3.05, 3.63) is 38.2 Å². The molecule has 0 aromatic carbocycles. The molecule has 0 amide bonds. The van der Waals surface area contributed by atoms with E-state index < -0.39 is 0 Å². The van der Waals surface area contributed by atoms with Crippen molar-refractivity contribution in [1.29, 1.82) is 0 Å². The molecule has 2 rings (SSSR count). The van der Waals surface area contributed by atoms with Gasteiger partial charge in [-0.15, -0.1) is 22.7 Å². The Bertz CT molecular complexity index is 558. The van der Waals surface area contributed by atoms with Crippen LogP contribution in [0, 0.1) is 0 Å². The summed E-state index contributed by atoms with van der Waals surface area (Å²) in [4.78, 5) is 15.1. The highest BCUT2D eigenvalue weighted by Gasteiger charge is 2.21. The molecule has 0 radical (unpaired) electrons. The van der Waals surface area contributed by atoms with Gasteiger partial charge in [0, 0.05) is 4.88 Å². The Balaban J connectivity index is 2.33. The fourth-order valence-corrected chi connectivity index (χ4v) is 3.49. The summed E-state index contributed by atoms with van der Waals surface area (Å²) in [5.74, 6) is 0.720. The number of carbonyl (C=O) groups is 1. The topological polar surface area (TPSA) is 26.3 Å². The molecule has 0 spiro atoms. The van der Waals surface area contributed by atoms with Crippen LogP contribution in [0.3, 0.4) is 0 Å². The number of ketones is 1. The van der Waals surface area contributed by atoms with E-state index in [2.05, 4.69) is 20.8 Å². The quantitative estimate of drug-likeness (QED) is 0.781. The molecule has 0 saturated heterocycles. The van der Waals surface area contributed by atoms with Gasteiger partial charge in [0.1, 0.15) is 10.6 Å². The molecular formula is C14H16O2S2. The predicted molar refractivity (Wildman–Crippen MR) is 77.3 cm³/mol. The first-order valence-corrected chi connectivity index (χ1v) is 7.39. The first kappa shape index (κ1) is 13.3. The van der Waals surface area contributed by atoms with Gasteiger partial charge in [0.05, 0.1) is 12.0 Å². The fourth-order valence-electron chi connectivity index (χ4n) is 1.60. The van der Waals surface area contributed by atoms with Crippen LogP contribution < -0.4 is 4.74 Å². The lowest BCUT2D eigenvalue weighted by atomic mass is 9.95. The molecule has 0 fully saturated rings. The van der Waals surface area contributed by atoms with Crippen molar-refractivity contribution in [2.45, 2.75) is 26.2 Å². The van der Waals surface area contributed by atoms with Crippen molar-refractivity contribution in [2.24, 2.45) is 0 Å². The lowest BCUT2D eigenvalue weighted by Gasteiger charge is -2.15. The average Bonchev–Trinajstić information content (AvgIpc) is 2.96. The van der Waals surface area contributed by atoms with Crippen LogP contribution in [0.2, 0.25) is 0 Å². The Hall–Kier alpha value is -1.13. The monoisotopic (exact) mass is 280 g/mol. The van der Waals surface area contributed by atoms with Crippen LogP contribution >= 0.6 is 22.7 Å². The zero-order valence-corrected chi connectivity index (χ0v) is 12.6. The van der Waals surface area contributed by atoms with Gasteiger partial charge in [0.15, 0.2) is 0 Å².